The van der Waals surface area contributed by atoms with Crippen molar-refractivity contribution in [1.82, 2.24) is 29.5 Å². The Hall–Kier alpha value is -7.67. The summed E-state index contributed by atoms with van der Waals surface area (Å²) in [6, 6.07) is 45.4. The van der Waals surface area contributed by atoms with E-state index in [0.29, 0.717) is 35.0 Å². The minimum absolute atomic E-state index is 0.535. The number of hydrogen-bond acceptors (Lipinski definition) is 7. The van der Waals surface area contributed by atoms with Gasteiger partial charge < -0.3 is 8.83 Å². The van der Waals surface area contributed by atoms with Crippen LogP contribution in [-0.4, -0.2) is 29.5 Å². The fraction of sp³-hybridized carbons (Fsp3) is 0.0417. The maximum Gasteiger partial charge on any atom is 0.307 e. The number of para-hydroxylation sites is 1. The summed E-state index contributed by atoms with van der Waals surface area (Å²) >= 11 is 0. The highest BCUT2D eigenvalue weighted by atomic mass is 16.4. The lowest BCUT2D eigenvalue weighted by atomic mass is 10.0. The van der Waals surface area contributed by atoms with Gasteiger partial charge in [-0.1, -0.05) is 103 Å². The third kappa shape index (κ3) is 5.20. The maximum atomic E-state index is 6.47. The van der Waals surface area contributed by atoms with Gasteiger partial charge in [-0.3, -0.25) is 4.57 Å². The van der Waals surface area contributed by atoms with E-state index < -0.39 is 0 Å². The molecule has 11 rings (SSSR count). The minimum atomic E-state index is 0.535. The lowest BCUT2D eigenvalue weighted by Crippen LogP contribution is -2.14. The van der Waals surface area contributed by atoms with Crippen LogP contribution in [0.5, 0.6) is 0 Å². The van der Waals surface area contributed by atoms with Gasteiger partial charge in [0.05, 0.1) is 16.3 Å². The van der Waals surface area contributed by atoms with E-state index in [9.17, 15) is 0 Å². The van der Waals surface area contributed by atoms with E-state index >= 15 is 0 Å². The second kappa shape index (κ2) is 12.5. The quantitative estimate of drug-likeness (QED) is 0.162. The average molecular weight is 723 g/mol. The summed E-state index contributed by atoms with van der Waals surface area (Å²) in [5.41, 5.74) is 13.6. The standard InChI is InChI=1S/C48H30N6O2/c1-3-13-39-28(2)55-48(50-39)54-41-21-11-10-20-34(41)37-26-35(36-27-38(36)43(37)54)31-18-12-19-33(24-31)47-49-40-23-22-32(25-42(40)56-47)46-52-44(29-14-6-4-7-15-29)51-45(53-46)30-16-8-5-9-17-30/h3-26H,1-2H3/b13-3-. The van der Waals surface area contributed by atoms with Crippen molar-refractivity contribution >= 4 is 44.7 Å². The van der Waals surface area contributed by atoms with E-state index in [0.717, 1.165) is 82.6 Å². The zero-order chi connectivity index (χ0) is 37.3. The molecule has 264 valence electrons. The SMILES string of the molecule is C/C=C\c1nc(-n2c3ccccc3c3cc(-c4cccc(-c5nc6ccc(-c7nc(-c8ccccc8)nc(-c8ccccc8)n7)cc6o5)c4)c4c(c32)=C=4)oc1C. The van der Waals surface area contributed by atoms with Crippen molar-refractivity contribution < 1.29 is 8.83 Å². The molecule has 4 heterocycles. The molecule has 0 bridgehead atoms. The molecule has 0 unspecified atom stereocenters. The normalized spacial score (nSPS) is 12.0. The van der Waals surface area contributed by atoms with Crippen LogP contribution in [0.4, 0.5) is 0 Å². The van der Waals surface area contributed by atoms with Gasteiger partial charge in [0.25, 0.3) is 0 Å². The molecule has 0 atom stereocenters. The topological polar surface area (TPSA) is 95.7 Å². The number of nitrogens with zero attached hydrogens (tertiary/aromatic N) is 6. The first-order valence-electron chi connectivity index (χ1n) is 18.5. The molecule has 1 aliphatic carbocycles. The van der Waals surface area contributed by atoms with Crippen LogP contribution in [0.3, 0.4) is 0 Å². The molecule has 10 aromatic rings. The van der Waals surface area contributed by atoms with Crippen LogP contribution in [0, 0.1) is 6.92 Å². The first-order chi connectivity index (χ1) is 27.6. The Morgan fingerprint density at radius 3 is 2.00 bits per heavy atom. The lowest BCUT2D eigenvalue weighted by Gasteiger charge is -2.08. The predicted molar refractivity (Wildman–Crippen MR) is 220 cm³/mol. The Kier molecular flexibility index (Phi) is 7.07. The van der Waals surface area contributed by atoms with E-state index in [-0.39, 0.29) is 0 Å². The highest BCUT2D eigenvalue weighted by molar-refractivity contribution is 6.11. The molecule has 4 aromatic heterocycles. The highest BCUT2D eigenvalue weighted by Gasteiger charge is 2.23. The van der Waals surface area contributed by atoms with Gasteiger partial charge in [-0.2, -0.15) is 4.98 Å². The van der Waals surface area contributed by atoms with Gasteiger partial charge in [-0.05, 0) is 73.5 Å². The summed E-state index contributed by atoms with van der Waals surface area (Å²) in [5, 5.41) is 4.40. The van der Waals surface area contributed by atoms with Crippen LogP contribution in [0.2, 0.25) is 0 Å². The van der Waals surface area contributed by atoms with Gasteiger partial charge in [0.1, 0.15) is 17.0 Å². The smallest absolute Gasteiger partial charge is 0.307 e. The monoisotopic (exact) mass is 722 g/mol. The molecule has 0 aliphatic heterocycles. The van der Waals surface area contributed by atoms with Crippen molar-refractivity contribution in [3.05, 3.63) is 161 Å². The summed E-state index contributed by atoms with van der Waals surface area (Å²) < 4.78 is 14.8. The van der Waals surface area contributed by atoms with Gasteiger partial charge in [0.2, 0.25) is 5.89 Å². The molecular weight excluding hydrogens is 693 g/mol. The Morgan fingerprint density at radius 1 is 0.571 bits per heavy atom. The second-order valence-corrected chi connectivity index (χ2v) is 13.8. The summed E-state index contributed by atoms with van der Waals surface area (Å²) in [5.74, 6) is 3.08. The summed E-state index contributed by atoms with van der Waals surface area (Å²) in [6.07, 6.45) is 3.95. The lowest BCUT2D eigenvalue weighted by molar-refractivity contribution is 0.508. The van der Waals surface area contributed by atoms with Crippen LogP contribution in [0.1, 0.15) is 18.4 Å². The molecule has 8 heteroatoms. The summed E-state index contributed by atoms with van der Waals surface area (Å²) in [4.78, 5) is 24.4. The molecule has 1 aliphatic rings. The molecule has 0 N–H and O–H groups in total. The van der Waals surface area contributed by atoms with Crippen molar-refractivity contribution in [3.8, 4) is 62.8 Å². The molecule has 0 fully saturated rings. The predicted octanol–water partition coefficient (Wildman–Crippen LogP) is 9.84. The van der Waals surface area contributed by atoms with E-state index in [1.807, 2.05) is 123 Å². The summed E-state index contributed by atoms with van der Waals surface area (Å²) in [6.45, 7) is 3.93. The fourth-order valence-corrected chi connectivity index (χ4v) is 7.52. The van der Waals surface area contributed by atoms with Gasteiger partial charge in [0, 0.05) is 38.2 Å². The molecule has 56 heavy (non-hydrogen) atoms. The third-order valence-corrected chi connectivity index (χ3v) is 10.2. The molecule has 0 spiro atoms. The Labute approximate surface area is 320 Å². The van der Waals surface area contributed by atoms with Crippen LogP contribution in [-0.2, 0) is 0 Å². The maximum absolute atomic E-state index is 6.47. The van der Waals surface area contributed by atoms with Crippen molar-refractivity contribution in [1.29, 1.82) is 0 Å². The molecule has 0 saturated carbocycles. The van der Waals surface area contributed by atoms with E-state index in [2.05, 4.69) is 46.7 Å². The van der Waals surface area contributed by atoms with Crippen molar-refractivity contribution in [3.63, 3.8) is 0 Å². The molecule has 6 aromatic carbocycles. The number of benzene rings is 6. The number of hydrogen-bond donors (Lipinski definition) is 0. The first-order valence-corrected chi connectivity index (χ1v) is 18.5. The zero-order valence-electron chi connectivity index (χ0n) is 30.4. The van der Waals surface area contributed by atoms with E-state index in [1.54, 1.807) is 0 Å². The highest BCUT2D eigenvalue weighted by Crippen LogP contribution is 2.35. The average Bonchev–Trinajstić information content (AvgIpc) is 3.63. The molecule has 0 saturated heterocycles. The number of fused-ring (bicyclic) bond motifs is 6. The van der Waals surface area contributed by atoms with Crippen molar-refractivity contribution in [2.75, 3.05) is 0 Å². The number of aryl methyl sites for hydroxylation is 1. The van der Waals surface area contributed by atoms with Gasteiger partial charge >= 0.3 is 6.01 Å². The Bertz CT molecular complexity index is 3310. The number of rotatable bonds is 7. The van der Waals surface area contributed by atoms with E-state index in [4.69, 9.17) is 33.8 Å². The van der Waals surface area contributed by atoms with Gasteiger partial charge in [-0.15, -0.1) is 0 Å². The first kappa shape index (κ1) is 31.8. The van der Waals surface area contributed by atoms with Crippen LogP contribution in [0.25, 0.3) is 107 Å². The van der Waals surface area contributed by atoms with E-state index in [1.165, 1.54) is 0 Å². The van der Waals surface area contributed by atoms with Crippen LogP contribution < -0.4 is 10.4 Å². The van der Waals surface area contributed by atoms with Crippen LogP contribution >= 0.6 is 0 Å². The van der Waals surface area contributed by atoms with Crippen molar-refractivity contribution in [2.24, 2.45) is 0 Å². The third-order valence-electron chi connectivity index (χ3n) is 10.2. The number of oxazole rings is 2. The van der Waals surface area contributed by atoms with Gasteiger partial charge in [0.15, 0.2) is 23.1 Å². The van der Waals surface area contributed by atoms with Crippen LogP contribution in [0.15, 0.2) is 148 Å². The summed E-state index contributed by atoms with van der Waals surface area (Å²) in [7, 11) is 0. The Morgan fingerprint density at radius 2 is 1.25 bits per heavy atom. The molecule has 0 amide bonds. The number of allylic oxidation sites excluding steroid dienone is 1. The molecule has 0 radical (unpaired) electrons. The largest absolute Gasteiger partial charge is 0.436 e. The fourth-order valence-electron chi connectivity index (χ4n) is 7.52. The minimum Gasteiger partial charge on any atom is -0.436 e. The zero-order valence-corrected chi connectivity index (χ0v) is 30.4. The Balaban J connectivity index is 0.983. The number of aromatic nitrogens is 6. The molecular formula is C48H30N6O2. The second-order valence-electron chi connectivity index (χ2n) is 13.8. The molecule has 8 nitrogen and oxygen atoms in total. The van der Waals surface area contributed by atoms with Gasteiger partial charge in [-0.25, -0.2) is 19.9 Å². The van der Waals surface area contributed by atoms with Crippen molar-refractivity contribution in [2.45, 2.75) is 13.8 Å².